The van der Waals surface area contributed by atoms with Crippen molar-refractivity contribution in [2.24, 2.45) is 5.10 Å². The first-order valence-electron chi connectivity index (χ1n) is 8.84. The summed E-state index contributed by atoms with van der Waals surface area (Å²) in [5.41, 5.74) is 4.78. The van der Waals surface area contributed by atoms with Crippen LogP contribution in [-0.2, 0) is 9.59 Å². The van der Waals surface area contributed by atoms with Crippen LogP contribution in [0.3, 0.4) is 0 Å². The van der Waals surface area contributed by atoms with Gasteiger partial charge in [0.15, 0.2) is 0 Å². The minimum atomic E-state index is -0.520. The van der Waals surface area contributed by atoms with Gasteiger partial charge in [-0.1, -0.05) is 35.3 Å². The number of benzene rings is 2. The highest BCUT2D eigenvalue weighted by Gasteiger charge is 2.10. The topological polar surface area (TPSA) is 73.8 Å². The van der Waals surface area contributed by atoms with E-state index in [-0.39, 0.29) is 6.42 Å². The molecule has 148 valence electrons. The van der Waals surface area contributed by atoms with Crippen LogP contribution in [0.5, 0.6) is 0 Å². The smallest absolute Gasteiger partial charge is 0.249 e. The van der Waals surface area contributed by atoms with Crippen molar-refractivity contribution in [1.29, 1.82) is 0 Å². The van der Waals surface area contributed by atoms with E-state index >= 15 is 0 Å². The van der Waals surface area contributed by atoms with E-state index in [4.69, 9.17) is 23.2 Å². The highest BCUT2D eigenvalue weighted by atomic mass is 35.5. The van der Waals surface area contributed by atoms with Gasteiger partial charge in [-0.2, -0.15) is 5.10 Å². The molecule has 2 amide bonds. The second-order valence-corrected chi connectivity index (χ2v) is 6.73. The molecule has 0 aromatic heterocycles. The number of nitrogens with zero attached hydrogens (tertiary/aromatic N) is 2. The molecular weight excluding hydrogens is 399 g/mol. The van der Waals surface area contributed by atoms with E-state index < -0.39 is 11.8 Å². The number of anilines is 2. The number of hydrazone groups is 1. The average Bonchev–Trinajstić information content (AvgIpc) is 2.67. The van der Waals surface area contributed by atoms with Crippen molar-refractivity contribution < 1.29 is 9.59 Å². The van der Waals surface area contributed by atoms with Crippen molar-refractivity contribution >= 4 is 52.6 Å². The third kappa shape index (κ3) is 6.55. The Labute approximate surface area is 174 Å². The van der Waals surface area contributed by atoms with Crippen LogP contribution in [0.1, 0.15) is 25.8 Å². The summed E-state index contributed by atoms with van der Waals surface area (Å²) in [4.78, 5) is 26.0. The van der Waals surface area contributed by atoms with Crippen molar-refractivity contribution in [3.8, 4) is 0 Å². The Hall–Kier alpha value is -2.57. The lowest BCUT2D eigenvalue weighted by molar-refractivity contribution is -0.126. The molecule has 0 saturated carbocycles. The summed E-state index contributed by atoms with van der Waals surface area (Å²) in [7, 11) is 0. The van der Waals surface area contributed by atoms with Crippen LogP contribution in [0.15, 0.2) is 47.6 Å². The fourth-order valence-electron chi connectivity index (χ4n) is 2.50. The number of nitrogens with one attached hydrogen (secondary N) is 2. The molecule has 0 atom stereocenters. The molecule has 2 N–H and O–H groups in total. The first kappa shape index (κ1) is 21.7. The molecule has 2 aromatic carbocycles. The van der Waals surface area contributed by atoms with Gasteiger partial charge in [0.2, 0.25) is 11.8 Å². The van der Waals surface area contributed by atoms with Gasteiger partial charge in [0.1, 0.15) is 6.42 Å². The van der Waals surface area contributed by atoms with E-state index in [9.17, 15) is 9.59 Å². The molecule has 0 bridgehead atoms. The second-order valence-electron chi connectivity index (χ2n) is 5.91. The van der Waals surface area contributed by atoms with Crippen molar-refractivity contribution in [2.75, 3.05) is 23.3 Å². The predicted molar refractivity (Wildman–Crippen MR) is 115 cm³/mol. The van der Waals surface area contributed by atoms with Crippen molar-refractivity contribution in [3.63, 3.8) is 0 Å². The highest BCUT2D eigenvalue weighted by molar-refractivity contribution is 6.42. The maximum atomic E-state index is 11.9. The van der Waals surface area contributed by atoms with Gasteiger partial charge in [0.25, 0.3) is 0 Å². The van der Waals surface area contributed by atoms with Gasteiger partial charge in [-0.15, -0.1) is 0 Å². The molecule has 0 saturated heterocycles. The quantitative estimate of drug-likeness (QED) is 0.379. The number of carbonyl (C=O) groups is 2. The SMILES string of the molecule is CCN(CC)c1ccc(C=NNC(=O)CC(=O)Nc2ccc(Cl)c(Cl)c2)cc1. The molecule has 0 spiro atoms. The van der Waals surface area contributed by atoms with Gasteiger partial charge < -0.3 is 10.2 Å². The normalized spacial score (nSPS) is 10.7. The molecule has 0 radical (unpaired) electrons. The summed E-state index contributed by atoms with van der Waals surface area (Å²) >= 11 is 11.7. The van der Waals surface area contributed by atoms with Gasteiger partial charge >= 0.3 is 0 Å². The van der Waals surface area contributed by atoms with Gasteiger partial charge in [-0.05, 0) is 49.7 Å². The van der Waals surface area contributed by atoms with E-state index in [2.05, 4.69) is 34.6 Å². The van der Waals surface area contributed by atoms with Crippen LogP contribution in [-0.4, -0.2) is 31.1 Å². The molecule has 0 aliphatic rings. The van der Waals surface area contributed by atoms with E-state index in [1.807, 2.05) is 24.3 Å². The average molecular weight is 421 g/mol. The van der Waals surface area contributed by atoms with Crippen LogP contribution in [0.2, 0.25) is 10.0 Å². The van der Waals surface area contributed by atoms with E-state index in [1.54, 1.807) is 12.1 Å². The van der Waals surface area contributed by atoms with Crippen LogP contribution >= 0.6 is 23.2 Å². The summed E-state index contributed by atoms with van der Waals surface area (Å²) in [6.07, 6.45) is 1.17. The fourth-order valence-corrected chi connectivity index (χ4v) is 2.80. The first-order valence-corrected chi connectivity index (χ1v) is 9.60. The van der Waals surface area contributed by atoms with E-state index in [0.717, 1.165) is 24.3 Å². The van der Waals surface area contributed by atoms with Gasteiger partial charge in [0.05, 0.1) is 16.3 Å². The summed E-state index contributed by atoms with van der Waals surface area (Å²) < 4.78 is 0. The minimum Gasteiger partial charge on any atom is -0.372 e. The maximum Gasteiger partial charge on any atom is 0.249 e. The lowest BCUT2D eigenvalue weighted by atomic mass is 10.2. The lowest BCUT2D eigenvalue weighted by Crippen LogP contribution is -2.24. The Morgan fingerprint density at radius 3 is 2.29 bits per heavy atom. The number of hydrogen-bond donors (Lipinski definition) is 2. The van der Waals surface area contributed by atoms with Crippen LogP contribution < -0.4 is 15.6 Å². The standard InChI is InChI=1S/C20H22Cl2N4O2/c1-3-26(4-2)16-8-5-14(6-9-16)13-23-25-20(28)12-19(27)24-15-7-10-17(21)18(22)11-15/h5-11,13H,3-4,12H2,1-2H3,(H,24,27)(H,25,28). The molecule has 6 nitrogen and oxygen atoms in total. The summed E-state index contributed by atoms with van der Waals surface area (Å²) in [5, 5.41) is 7.17. The number of carbonyl (C=O) groups excluding carboxylic acids is 2. The molecule has 8 heteroatoms. The molecule has 2 rings (SSSR count). The Kier molecular flexibility index (Phi) is 8.29. The number of halogens is 2. The van der Waals surface area contributed by atoms with Gasteiger partial charge in [-0.3, -0.25) is 9.59 Å². The maximum absolute atomic E-state index is 11.9. The lowest BCUT2D eigenvalue weighted by Gasteiger charge is -2.20. The molecule has 0 heterocycles. The summed E-state index contributed by atoms with van der Waals surface area (Å²) in [5.74, 6) is -0.997. The molecular formula is C20H22Cl2N4O2. The molecule has 28 heavy (non-hydrogen) atoms. The molecule has 0 unspecified atom stereocenters. The van der Waals surface area contributed by atoms with Crippen molar-refractivity contribution in [3.05, 3.63) is 58.1 Å². The monoisotopic (exact) mass is 420 g/mol. The summed E-state index contributed by atoms with van der Waals surface area (Å²) in [6.45, 7) is 6.08. The zero-order valence-electron chi connectivity index (χ0n) is 15.7. The third-order valence-electron chi connectivity index (χ3n) is 3.95. The van der Waals surface area contributed by atoms with E-state index in [0.29, 0.717) is 15.7 Å². The molecule has 2 aromatic rings. The molecule has 0 aliphatic carbocycles. The number of hydrogen-bond acceptors (Lipinski definition) is 4. The molecule has 0 aliphatic heterocycles. The van der Waals surface area contributed by atoms with Crippen LogP contribution in [0.4, 0.5) is 11.4 Å². The van der Waals surface area contributed by atoms with Crippen molar-refractivity contribution in [1.82, 2.24) is 5.43 Å². The zero-order valence-corrected chi connectivity index (χ0v) is 17.2. The second kappa shape index (κ2) is 10.7. The highest BCUT2D eigenvalue weighted by Crippen LogP contribution is 2.25. The third-order valence-corrected chi connectivity index (χ3v) is 4.69. The van der Waals surface area contributed by atoms with E-state index in [1.165, 1.54) is 12.3 Å². The summed E-state index contributed by atoms with van der Waals surface area (Å²) in [6, 6.07) is 12.5. The first-order chi connectivity index (χ1) is 13.4. The Balaban J connectivity index is 1.82. The Bertz CT molecular complexity index is 850. The number of rotatable bonds is 8. The van der Waals surface area contributed by atoms with Gasteiger partial charge in [0, 0.05) is 24.5 Å². The van der Waals surface area contributed by atoms with Gasteiger partial charge in [-0.25, -0.2) is 5.43 Å². The number of amides is 2. The predicted octanol–water partition coefficient (Wildman–Crippen LogP) is 4.32. The van der Waals surface area contributed by atoms with Crippen LogP contribution in [0, 0.1) is 0 Å². The fraction of sp³-hybridized carbons (Fsp3) is 0.250. The van der Waals surface area contributed by atoms with Crippen molar-refractivity contribution in [2.45, 2.75) is 20.3 Å². The van der Waals surface area contributed by atoms with Crippen LogP contribution in [0.25, 0.3) is 0 Å². The largest absolute Gasteiger partial charge is 0.372 e. The Morgan fingerprint density at radius 2 is 1.68 bits per heavy atom. The minimum absolute atomic E-state index is 0.320. The zero-order chi connectivity index (χ0) is 20.5. The molecule has 0 fully saturated rings. The Morgan fingerprint density at radius 1 is 1.00 bits per heavy atom.